The smallest absolute Gasteiger partial charge is 0.338 e. The lowest BCUT2D eigenvalue weighted by Crippen LogP contribution is -2.04. The van der Waals surface area contributed by atoms with Gasteiger partial charge in [-0.3, -0.25) is 0 Å². The van der Waals surface area contributed by atoms with E-state index in [-0.39, 0.29) is 12.6 Å². The lowest BCUT2D eigenvalue weighted by Gasteiger charge is -2.05. The van der Waals surface area contributed by atoms with Crippen molar-refractivity contribution in [3.63, 3.8) is 0 Å². The second-order valence-corrected chi connectivity index (χ2v) is 6.71. The molecule has 4 heteroatoms. The number of aromatic nitrogens is 1. The van der Waals surface area contributed by atoms with E-state index in [1.165, 1.54) is 0 Å². The monoisotopic (exact) mass is 345 g/mol. The number of fused-ring (bicyclic) bond motifs is 1. The molecule has 0 aliphatic heterocycles. The minimum absolute atomic E-state index is 0.193. The third kappa shape index (κ3) is 3.44. The van der Waals surface area contributed by atoms with Crippen molar-refractivity contribution in [2.24, 2.45) is 0 Å². The molecule has 0 fully saturated rings. The largest absolute Gasteiger partial charge is 0.455 e. The first kappa shape index (κ1) is 15.5. The third-order valence-corrected chi connectivity index (χ3v) is 4.90. The molecule has 1 aromatic heterocycles. The van der Waals surface area contributed by atoms with Gasteiger partial charge >= 0.3 is 5.97 Å². The molecule has 122 valence electrons. The van der Waals surface area contributed by atoms with Crippen LogP contribution < -0.4 is 0 Å². The first-order chi connectivity index (χ1) is 12.3. The number of hydrogen-bond donors (Lipinski definition) is 0. The summed E-state index contributed by atoms with van der Waals surface area (Å²) >= 11 is 1.55. The average molecular weight is 345 g/mol. The number of carbonyl (C=O) groups is 1. The van der Waals surface area contributed by atoms with Gasteiger partial charge in [0.15, 0.2) is 0 Å². The van der Waals surface area contributed by atoms with Gasteiger partial charge in [-0.2, -0.15) is 0 Å². The van der Waals surface area contributed by atoms with E-state index in [1.54, 1.807) is 23.5 Å². The molecule has 0 N–H and O–H groups in total. The molecule has 0 spiro atoms. The number of hydrogen-bond acceptors (Lipinski definition) is 4. The summed E-state index contributed by atoms with van der Waals surface area (Å²) in [5, 5.41) is 0.801. The molecule has 25 heavy (non-hydrogen) atoms. The zero-order valence-electron chi connectivity index (χ0n) is 13.4. The first-order valence-corrected chi connectivity index (χ1v) is 8.78. The Kier molecular flexibility index (Phi) is 4.27. The van der Waals surface area contributed by atoms with Crippen molar-refractivity contribution < 1.29 is 9.53 Å². The van der Waals surface area contributed by atoms with Gasteiger partial charge < -0.3 is 4.74 Å². The highest BCUT2D eigenvalue weighted by Gasteiger charge is 2.10. The van der Waals surface area contributed by atoms with Crippen LogP contribution >= 0.6 is 11.3 Å². The van der Waals surface area contributed by atoms with Crippen LogP contribution in [-0.4, -0.2) is 11.0 Å². The fourth-order valence-electron chi connectivity index (χ4n) is 2.62. The van der Waals surface area contributed by atoms with Crippen molar-refractivity contribution >= 4 is 27.5 Å². The summed E-state index contributed by atoms with van der Waals surface area (Å²) in [6.07, 6.45) is 0. The molecule has 0 amide bonds. The van der Waals surface area contributed by atoms with Gasteiger partial charge in [-0.1, -0.05) is 54.6 Å². The Morgan fingerprint density at radius 2 is 1.52 bits per heavy atom. The van der Waals surface area contributed by atoms with Gasteiger partial charge in [0, 0.05) is 0 Å². The SMILES string of the molecule is O=C(OCc1nc2ccccc2s1)c1ccc(-c2ccccc2)cc1. The number of nitrogens with zero attached hydrogens (tertiary/aromatic N) is 1. The Morgan fingerprint density at radius 3 is 2.28 bits per heavy atom. The van der Waals surface area contributed by atoms with E-state index in [0.29, 0.717) is 5.56 Å². The number of para-hydroxylation sites is 1. The van der Waals surface area contributed by atoms with Gasteiger partial charge in [0.2, 0.25) is 0 Å². The second-order valence-electron chi connectivity index (χ2n) is 5.59. The van der Waals surface area contributed by atoms with Crippen molar-refractivity contribution in [2.75, 3.05) is 0 Å². The molecule has 4 rings (SSSR count). The van der Waals surface area contributed by atoms with Crippen LogP contribution in [0.15, 0.2) is 78.9 Å². The van der Waals surface area contributed by atoms with E-state index < -0.39 is 0 Å². The zero-order valence-corrected chi connectivity index (χ0v) is 14.2. The van der Waals surface area contributed by atoms with Crippen molar-refractivity contribution in [2.45, 2.75) is 6.61 Å². The molecule has 0 aliphatic carbocycles. The molecular formula is C21H15NO2S. The molecule has 1 heterocycles. The van der Waals surface area contributed by atoms with Crippen molar-refractivity contribution in [1.29, 1.82) is 0 Å². The summed E-state index contributed by atoms with van der Waals surface area (Å²) in [7, 11) is 0. The molecule has 0 saturated carbocycles. The standard InChI is InChI=1S/C21H15NO2S/c23-21(24-14-20-22-18-8-4-5-9-19(18)25-20)17-12-10-16(11-13-17)15-6-2-1-3-7-15/h1-13H,14H2. The average Bonchev–Trinajstić information content (AvgIpc) is 3.10. The minimum atomic E-state index is -0.334. The Labute approximate surface area is 149 Å². The summed E-state index contributed by atoms with van der Waals surface area (Å²) in [4.78, 5) is 16.7. The van der Waals surface area contributed by atoms with Crippen molar-refractivity contribution in [3.8, 4) is 11.1 Å². The minimum Gasteiger partial charge on any atom is -0.455 e. The van der Waals surface area contributed by atoms with Crippen LogP contribution in [0.25, 0.3) is 21.3 Å². The third-order valence-electron chi connectivity index (χ3n) is 3.89. The van der Waals surface area contributed by atoms with Gasteiger partial charge in [0.1, 0.15) is 11.6 Å². The lowest BCUT2D eigenvalue weighted by atomic mass is 10.0. The van der Waals surface area contributed by atoms with Crippen LogP contribution in [0, 0.1) is 0 Å². The normalized spacial score (nSPS) is 10.7. The van der Waals surface area contributed by atoms with Crippen molar-refractivity contribution in [1.82, 2.24) is 4.98 Å². The molecular weight excluding hydrogens is 330 g/mol. The van der Waals surface area contributed by atoms with Gasteiger partial charge in [-0.25, -0.2) is 9.78 Å². The molecule has 0 atom stereocenters. The number of benzene rings is 3. The Bertz CT molecular complexity index is 974. The maximum atomic E-state index is 12.2. The Balaban J connectivity index is 1.44. The summed E-state index contributed by atoms with van der Waals surface area (Å²) < 4.78 is 6.50. The number of thiazole rings is 1. The van der Waals surface area contributed by atoms with E-state index in [9.17, 15) is 4.79 Å². The molecule has 0 unspecified atom stereocenters. The number of rotatable bonds is 4. The van der Waals surface area contributed by atoms with Crippen LogP contribution in [0.3, 0.4) is 0 Å². The molecule has 0 aliphatic rings. The molecule has 0 radical (unpaired) electrons. The fraction of sp³-hybridized carbons (Fsp3) is 0.0476. The molecule has 4 aromatic rings. The van der Waals surface area contributed by atoms with Gasteiger partial charge in [0.25, 0.3) is 0 Å². The van der Waals surface area contributed by atoms with E-state index in [0.717, 1.165) is 26.4 Å². The van der Waals surface area contributed by atoms with Crippen LogP contribution in [0.5, 0.6) is 0 Å². The Hall–Kier alpha value is -2.98. The highest BCUT2D eigenvalue weighted by Crippen LogP contribution is 2.23. The van der Waals surface area contributed by atoms with E-state index >= 15 is 0 Å². The molecule has 3 aromatic carbocycles. The zero-order chi connectivity index (χ0) is 17.1. The van der Waals surface area contributed by atoms with E-state index in [4.69, 9.17) is 4.74 Å². The Morgan fingerprint density at radius 1 is 0.840 bits per heavy atom. The lowest BCUT2D eigenvalue weighted by molar-refractivity contribution is 0.0472. The summed E-state index contributed by atoms with van der Waals surface area (Å²) in [6.45, 7) is 0.193. The van der Waals surface area contributed by atoms with Crippen LogP contribution in [0.1, 0.15) is 15.4 Å². The quantitative estimate of drug-likeness (QED) is 0.470. The van der Waals surface area contributed by atoms with Crippen molar-refractivity contribution in [3.05, 3.63) is 89.4 Å². The first-order valence-electron chi connectivity index (χ1n) is 7.97. The predicted octanol–water partition coefficient (Wildman–Crippen LogP) is 5.32. The number of esters is 1. The van der Waals surface area contributed by atoms with Gasteiger partial charge in [0.05, 0.1) is 15.8 Å². The summed E-state index contributed by atoms with van der Waals surface area (Å²) in [5.41, 5.74) is 3.67. The second kappa shape index (κ2) is 6.87. The van der Waals surface area contributed by atoms with Gasteiger partial charge in [-0.05, 0) is 35.4 Å². The highest BCUT2D eigenvalue weighted by atomic mass is 32.1. The number of carbonyl (C=O) groups excluding carboxylic acids is 1. The molecule has 0 bridgehead atoms. The van der Waals surface area contributed by atoms with E-state index in [2.05, 4.69) is 4.98 Å². The van der Waals surface area contributed by atoms with Crippen LogP contribution in [0.4, 0.5) is 0 Å². The maximum absolute atomic E-state index is 12.2. The summed E-state index contributed by atoms with van der Waals surface area (Å²) in [6, 6.07) is 25.4. The molecule has 3 nitrogen and oxygen atoms in total. The van der Waals surface area contributed by atoms with E-state index in [1.807, 2.05) is 66.7 Å². The van der Waals surface area contributed by atoms with Crippen LogP contribution in [0.2, 0.25) is 0 Å². The molecule has 0 saturated heterocycles. The highest BCUT2D eigenvalue weighted by molar-refractivity contribution is 7.18. The summed E-state index contributed by atoms with van der Waals surface area (Å²) in [5.74, 6) is -0.334. The van der Waals surface area contributed by atoms with Gasteiger partial charge in [-0.15, -0.1) is 11.3 Å². The predicted molar refractivity (Wildman–Crippen MR) is 101 cm³/mol. The number of ether oxygens (including phenoxy) is 1. The maximum Gasteiger partial charge on any atom is 0.338 e. The van der Waals surface area contributed by atoms with Crippen LogP contribution in [-0.2, 0) is 11.3 Å². The fourth-order valence-corrected chi connectivity index (χ4v) is 3.50. The topological polar surface area (TPSA) is 39.2 Å².